The van der Waals surface area contributed by atoms with Crippen LogP contribution in [0.25, 0.3) is 0 Å². The number of hydrogen-bond donors (Lipinski definition) is 1. The summed E-state index contributed by atoms with van der Waals surface area (Å²) in [7, 11) is 1.62. The summed E-state index contributed by atoms with van der Waals surface area (Å²) in [6.07, 6.45) is 0. The lowest BCUT2D eigenvalue weighted by Crippen LogP contribution is -2.22. The summed E-state index contributed by atoms with van der Waals surface area (Å²) < 4.78 is 5.02. The van der Waals surface area contributed by atoms with Gasteiger partial charge in [-0.2, -0.15) is 0 Å². The first-order valence-corrected chi connectivity index (χ1v) is 5.11. The van der Waals surface area contributed by atoms with E-state index in [0.29, 0.717) is 0 Å². The molecule has 0 aromatic heterocycles. The smallest absolute Gasteiger partial charge is 0.230 e. The van der Waals surface area contributed by atoms with Gasteiger partial charge in [0.2, 0.25) is 5.91 Å². The SMILES string of the molecule is COc1ccc(SC(C)C(N)=O)cc1. The summed E-state index contributed by atoms with van der Waals surface area (Å²) in [6.45, 7) is 1.79. The lowest BCUT2D eigenvalue weighted by molar-refractivity contribution is -0.117. The quantitative estimate of drug-likeness (QED) is 0.771. The third-order valence-electron chi connectivity index (χ3n) is 1.77. The molecule has 0 aliphatic rings. The molecular formula is C10H13NO2S. The van der Waals surface area contributed by atoms with Gasteiger partial charge < -0.3 is 10.5 Å². The van der Waals surface area contributed by atoms with Gasteiger partial charge in [-0.1, -0.05) is 0 Å². The number of benzene rings is 1. The van der Waals surface area contributed by atoms with Crippen molar-refractivity contribution in [2.75, 3.05) is 7.11 Å². The van der Waals surface area contributed by atoms with Crippen LogP contribution in [-0.4, -0.2) is 18.3 Å². The molecule has 3 nitrogen and oxygen atoms in total. The van der Waals surface area contributed by atoms with Gasteiger partial charge in [-0.25, -0.2) is 0 Å². The maximum Gasteiger partial charge on any atom is 0.230 e. The maximum absolute atomic E-state index is 10.8. The van der Waals surface area contributed by atoms with E-state index in [1.54, 1.807) is 14.0 Å². The van der Waals surface area contributed by atoms with Gasteiger partial charge in [0.05, 0.1) is 12.4 Å². The summed E-state index contributed by atoms with van der Waals surface area (Å²) >= 11 is 1.44. The second kappa shape index (κ2) is 4.91. The Hall–Kier alpha value is -1.16. The zero-order chi connectivity index (χ0) is 10.6. The standard InChI is InChI=1S/C10H13NO2S/c1-7(10(11)12)14-9-5-3-8(13-2)4-6-9/h3-7H,1-2H3,(H2,11,12). The molecule has 0 bridgehead atoms. The number of carbonyl (C=O) groups is 1. The number of methoxy groups -OCH3 is 1. The topological polar surface area (TPSA) is 52.3 Å². The monoisotopic (exact) mass is 211 g/mol. The molecule has 1 aromatic carbocycles. The molecular weight excluding hydrogens is 198 g/mol. The molecule has 0 heterocycles. The predicted molar refractivity (Wildman–Crippen MR) is 57.5 cm³/mol. The number of ether oxygens (including phenoxy) is 1. The first kappa shape index (κ1) is 10.9. The van der Waals surface area contributed by atoms with Gasteiger partial charge in [0, 0.05) is 4.90 Å². The Kier molecular flexibility index (Phi) is 3.83. The van der Waals surface area contributed by atoms with Gasteiger partial charge in [0.25, 0.3) is 0 Å². The van der Waals surface area contributed by atoms with Gasteiger partial charge in [-0.05, 0) is 31.2 Å². The first-order valence-electron chi connectivity index (χ1n) is 4.23. The van der Waals surface area contributed by atoms with Gasteiger partial charge in [-0.3, -0.25) is 4.79 Å². The molecule has 0 saturated heterocycles. The highest BCUT2D eigenvalue weighted by molar-refractivity contribution is 8.00. The fourth-order valence-corrected chi connectivity index (χ4v) is 1.73. The number of carbonyl (C=O) groups excluding carboxylic acids is 1. The van der Waals surface area contributed by atoms with E-state index < -0.39 is 0 Å². The van der Waals surface area contributed by atoms with Crippen LogP contribution < -0.4 is 10.5 Å². The van der Waals surface area contributed by atoms with Crippen LogP contribution in [-0.2, 0) is 4.79 Å². The molecule has 0 spiro atoms. The first-order chi connectivity index (χ1) is 6.63. The lowest BCUT2D eigenvalue weighted by Gasteiger charge is -2.07. The summed E-state index contributed by atoms with van der Waals surface area (Å²) in [6, 6.07) is 7.53. The zero-order valence-electron chi connectivity index (χ0n) is 8.19. The second-order valence-electron chi connectivity index (χ2n) is 2.84. The van der Waals surface area contributed by atoms with Gasteiger partial charge in [-0.15, -0.1) is 11.8 Å². The van der Waals surface area contributed by atoms with Crippen LogP contribution in [0.2, 0.25) is 0 Å². The number of primary amides is 1. The molecule has 2 N–H and O–H groups in total. The van der Waals surface area contributed by atoms with Gasteiger partial charge >= 0.3 is 0 Å². The summed E-state index contributed by atoms with van der Waals surface area (Å²) in [5.74, 6) is 0.506. The number of hydrogen-bond acceptors (Lipinski definition) is 3. The molecule has 76 valence electrons. The Morgan fingerprint density at radius 3 is 2.43 bits per heavy atom. The average Bonchev–Trinajstić information content (AvgIpc) is 2.19. The van der Waals surface area contributed by atoms with Crippen LogP contribution in [0.4, 0.5) is 0 Å². The van der Waals surface area contributed by atoms with E-state index in [1.165, 1.54) is 11.8 Å². The van der Waals surface area contributed by atoms with Crippen LogP contribution in [0.5, 0.6) is 5.75 Å². The van der Waals surface area contributed by atoms with Crippen molar-refractivity contribution in [2.24, 2.45) is 5.73 Å². The largest absolute Gasteiger partial charge is 0.497 e. The van der Waals surface area contributed by atoms with Crippen molar-refractivity contribution in [1.29, 1.82) is 0 Å². The van der Waals surface area contributed by atoms with Crippen LogP contribution in [0.3, 0.4) is 0 Å². The lowest BCUT2D eigenvalue weighted by atomic mass is 10.3. The normalized spacial score (nSPS) is 12.1. The Morgan fingerprint density at radius 1 is 1.43 bits per heavy atom. The Balaban J connectivity index is 2.64. The van der Waals surface area contributed by atoms with Crippen molar-refractivity contribution in [3.8, 4) is 5.75 Å². The minimum absolute atomic E-state index is 0.205. The minimum Gasteiger partial charge on any atom is -0.497 e. The minimum atomic E-state index is -0.300. The fourth-order valence-electron chi connectivity index (χ4n) is 0.916. The molecule has 0 fully saturated rings. The molecule has 14 heavy (non-hydrogen) atoms. The summed E-state index contributed by atoms with van der Waals surface area (Å²) in [5, 5.41) is -0.205. The molecule has 0 radical (unpaired) electrons. The number of nitrogens with two attached hydrogens (primary N) is 1. The van der Waals surface area contributed by atoms with Crippen molar-refractivity contribution in [3.05, 3.63) is 24.3 Å². The highest BCUT2D eigenvalue weighted by Crippen LogP contribution is 2.24. The van der Waals surface area contributed by atoms with Crippen LogP contribution in [0.15, 0.2) is 29.2 Å². The van der Waals surface area contributed by atoms with Crippen molar-refractivity contribution in [1.82, 2.24) is 0 Å². The van der Waals surface area contributed by atoms with Crippen molar-refractivity contribution in [2.45, 2.75) is 17.1 Å². The highest BCUT2D eigenvalue weighted by Gasteiger charge is 2.09. The molecule has 0 saturated carbocycles. The molecule has 1 unspecified atom stereocenters. The second-order valence-corrected chi connectivity index (χ2v) is 4.25. The van der Waals surface area contributed by atoms with E-state index in [-0.39, 0.29) is 11.2 Å². The molecule has 0 aliphatic carbocycles. The van der Waals surface area contributed by atoms with Gasteiger partial charge in [0.15, 0.2) is 0 Å². The predicted octanol–water partition coefficient (Wildman–Crippen LogP) is 1.66. The van der Waals surface area contributed by atoms with Crippen molar-refractivity contribution < 1.29 is 9.53 Å². The van der Waals surface area contributed by atoms with Crippen LogP contribution in [0, 0.1) is 0 Å². The number of thioether (sulfide) groups is 1. The Bertz CT molecular complexity index is 310. The van der Waals surface area contributed by atoms with E-state index in [0.717, 1.165) is 10.6 Å². The molecule has 0 aliphatic heterocycles. The van der Waals surface area contributed by atoms with Gasteiger partial charge in [0.1, 0.15) is 5.75 Å². The van der Waals surface area contributed by atoms with E-state index in [9.17, 15) is 4.79 Å². The Morgan fingerprint density at radius 2 is 2.00 bits per heavy atom. The fraction of sp³-hybridized carbons (Fsp3) is 0.300. The van der Waals surface area contributed by atoms with E-state index in [1.807, 2.05) is 24.3 Å². The van der Waals surface area contributed by atoms with Crippen LogP contribution in [0.1, 0.15) is 6.92 Å². The summed E-state index contributed by atoms with van der Waals surface area (Å²) in [5.41, 5.74) is 5.16. The summed E-state index contributed by atoms with van der Waals surface area (Å²) in [4.78, 5) is 11.8. The van der Waals surface area contributed by atoms with Crippen LogP contribution >= 0.6 is 11.8 Å². The maximum atomic E-state index is 10.8. The molecule has 1 atom stereocenters. The van der Waals surface area contributed by atoms with E-state index in [2.05, 4.69) is 0 Å². The molecule has 4 heteroatoms. The third kappa shape index (κ3) is 2.96. The zero-order valence-corrected chi connectivity index (χ0v) is 9.01. The van der Waals surface area contributed by atoms with E-state index >= 15 is 0 Å². The number of rotatable bonds is 4. The van der Waals surface area contributed by atoms with E-state index in [4.69, 9.17) is 10.5 Å². The van der Waals surface area contributed by atoms with Crippen molar-refractivity contribution in [3.63, 3.8) is 0 Å². The highest BCUT2D eigenvalue weighted by atomic mass is 32.2. The number of amides is 1. The molecule has 1 rings (SSSR count). The molecule has 1 aromatic rings. The Labute approximate surface area is 87.6 Å². The average molecular weight is 211 g/mol. The molecule has 1 amide bonds. The van der Waals surface area contributed by atoms with Crippen molar-refractivity contribution >= 4 is 17.7 Å². The third-order valence-corrected chi connectivity index (χ3v) is 2.90.